The lowest BCUT2D eigenvalue weighted by Crippen LogP contribution is -2.21. The number of para-hydroxylation sites is 1. The quantitative estimate of drug-likeness (QED) is 0.482. The Bertz CT molecular complexity index is 866. The predicted molar refractivity (Wildman–Crippen MR) is 125 cm³/mol. The minimum absolute atomic E-state index is 0.220. The van der Waals surface area contributed by atoms with E-state index in [4.69, 9.17) is 5.73 Å². The van der Waals surface area contributed by atoms with E-state index >= 15 is 0 Å². The molecule has 3 rings (SSSR count). The number of alkyl halides is 3. The lowest BCUT2D eigenvalue weighted by atomic mass is 9.94. The number of rotatable bonds is 4. The van der Waals surface area contributed by atoms with Crippen LogP contribution < -0.4 is 16.4 Å². The van der Waals surface area contributed by atoms with Crippen LogP contribution in [0, 0.1) is 0 Å². The summed E-state index contributed by atoms with van der Waals surface area (Å²) in [6.45, 7) is 8.05. The van der Waals surface area contributed by atoms with Crippen molar-refractivity contribution in [3.8, 4) is 0 Å². The largest absolute Gasteiger partial charge is 0.416 e. The maximum Gasteiger partial charge on any atom is 0.416 e. The Kier molecular flexibility index (Phi) is 10.7. The second-order valence-corrected chi connectivity index (χ2v) is 6.82. The van der Waals surface area contributed by atoms with Crippen molar-refractivity contribution >= 4 is 11.4 Å². The SMILES string of the molecule is CC.CCC/C=C(/C)N.CNC1=CC(c2ccccc2C(F)(F)F)Nc2ccccc21. The average molecular weight is 434 g/mol. The van der Waals surface area contributed by atoms with Gasteiger partial charge in [0.25, 0.3) is 0 Å². The van der Waals surface area contributed by atoms with Crippen LogP contribution >= 0.6 is 0 Å². The second-order valence-electron chi connectivity index (χ2n) is 6.82. The fraction of sp³-hybridized carbons (Fsp3) is 0.360. The van der Waals surface area contributed by atoms with Crippen LogP contribution in [0.1, 0.15) is 63.3 Å². The molecule has 0 spiro atoms. The highest BCUT2D eigenvalue weighted by Gasteiger charge is 2.35. The number of hydrogen-bond donors (Lipinski definition) is 3. The number of unbranched alkanes of at least 4 members (excludes halogenated alkanes) is 1. The highest BCUT2D eigenvalue weighted by molar-refractivity contribution is 5.79. The molecule has 1 atom stereocenters. The van der Waals surface area contributed by atoms with Crippen LogP contribution in [0.15, 0.2) is 66.4 Å². The van der Waals surface area contributed by atoms with Gasteiger partial charge in [0.1, 0.15) is 0 Å². The van der Waals surface area contributed by atoms with Crippen molar-refractivity contribution in [2.24, 2.45) is 5.73 Å². The monoisotopic (exact) mass is 433 g/mol. The highest BCUT2D eigenvalue weighted by atomic mass is 19.4. The Balaban J connectivity index is 0.000000457. The van der Waals surface area contributed by atoms with Crippen LogP contribution in [0.3, 0.4) is 0 Å². The summed E-state index contributed by atoms with van der Waals surface area (Å²) in [7, 11) is 1.76. The Hall–Kier alpha value is -2.89. The molecule has 3 nitrogen and oxygen atoms in total. The number of benzene rings is 2. The molecule has 1 aliphatic heterocycles. The molecule has 2 aromatic rings. The Morgan fingerprint density at radius 2 is 1.71 bits per heavy atom. The van der Waals surface area contributed by atoms with Gasteiger partial charge >= 0.3 is 6.18 Å². The molecule has 0 amide bonds. The van der Waals surface area contributed by atoms with Crippen LogP contribution in [0.5, 0.6) is 0 Å². The molecular formula is C25H34F3N3. The molecule has 170 valence electrons. The molecule has 0 fully saturated rings. The maximum absolute atomic E-state index is 13.2. The summed E-state index contributed by atoms with van der Waals surface area (Å²) in [4.78, 5) is 0. The van der Waals surface area contributed by atoms with Gasteiger partial charge in [-0.25, -0.2) is 0 Å². The summed E-state index contributed by atoms with van der Waals surface area (Å²) in [5.41, 5.74) is 8.46. The third-order valence-electron chi connectivity index (χ3n) is 4.49. The van der Waals surface area contributed by atoms with Gasteiger partial charge in [-0.2, -0.15) is 13.2 Å². The molecule has 0 radical (unpaired) electrons. The standard InChI is InChI=1S/C17H15F3N2.C6H13N.C2H6/c1-21-15-10-16(22-14-9-5-3-7-12(14)15)11-6-2-4-8-13(11)17(18,19)20;1-3-4-5-6(2)7;1-2/h2-10,16,21-22H,1H3;5H,3-4,7H2,1-2H3;1-2H3/b;6-5-;. The maximum atomic E-state index is 13.2. The van der Waals surface area contributed by atoms with E-state index in [-0.39, 0.29) is 5.56 Å². The van der Waals surface area contributed by atoms with Gasteiger partial charge in [0, 0.05) is 29.7 Å². The van der Waals surface area contributed by atoms with Gasteiger partial charge in [0.2, 0.25) is 0 Å². The van der Waals surface area contributed by atoms with E-state index in [1.807, 2.05) is 51.1 Å². The van der Waals surface area contributed by atoms with E-state index in [9.17, 15) is 13.2 Å². The fourth-order valence-electron chi connectivity index (χ4n) is 3.09. The molecule has 2 aromatic carbocycles. The van der Waals surface area contributed by atoms with E-state index in [0.29, 0.717) is 0 Å². The molecular weight excluding hydrogens is 399 g/mol. The summed E-state index contributed by atoms with van der Waals surface area (Å²) < 4.78 is 39.6. The minimum atomic E-state index is -4.37. The first-order valence-electron chi connectivity index (χ1n) is 10.6. The van der Waals surface area contributed by atoms with Crippen molar-refractivity contribution in [1.29, 1.82) is 0 Å². The average Bonchev–Trinajstić information content (AvgIpc) is 2.78. The third kappa shape index (κ3) is 7.70. The lowest BCUT2D eigenvalue weighted by molar-refractivity contribution is -0.138. The van der Waals surface area contributed by atoms with E-state index in [1.165, 1.54) is 18.6 Å². The normalized spacial score (nSPS) is 15.2. The Morgan fingerprint density at radius 1 is 1.10 bits per heavy atom. The molecule has 0 bridgehead atoms. The van der Waals surface area contributed by atoms with E-state index in [0.717, 1.165) is 35.1 Å². The van der Waals surface area contributed by atoms with Gasteiger partial charge in [-0.15, -0.1) is 0 Å². The summed E-state index contributed by atoms with van der Waals surface area (Å²) in [6, 6.07) is 12.7. The smallest absolute Gasteiger partial charge is 0.403 e. The van der Waals surface area contributed by atoms with Crippen molar-refractivity contribution in [1.82, 2.24) is 5.32 Å². The number of nitrogens with two attached hydrogens (primary N) is 1. The number of anilines is 1. The molecule has 4 N–H and O–H groups in total. The number of nitrogens with one attached hydrogen (secondary N) is 2. The zero-order chi connectivity index (χ0) is 23.4. The molecule has 1 aliphatic rings. The van der Waals surface area contributed by atoms with Gasteiger partial charge < -0.3 is 16.4 Å². The van der Waals surface area contributed by atoms with Gasteiger partial charge in [0.05, 0.1) is 11.6 Å². The van der Waals surface area contributed by atoms with Crippen molar-refractivity contribution in [3.63, 3.8) is 0 Å². The van der Waals surface area contributed by atoms with Crippen LogP contribution in [0.2, 0.25) is 0 Å². The number of hydrogen-bond acceptors (Lipinski definition) is 3. The zero-order valence-electron chi connectivity index (χ0n) is 19.0. The summed E-state index contributed by atoms with van der Waals surface area (Å²) in [6.07, 6.45) is 1.76. The van der Waals surface area contributed by atoms with E-state index in [1.54, 1.807) is 19.2 Å². The van der Waals surface area contributed by atoms with Crippen molar-refractivity contribution in [3.05, 3.63) is 83.1 Å². The molecule has 0 saturated carbocycles. The summed E-state index contributed by atoms with van der Waals surface area (Å²) in [5, 5.41) is 6.23. The lowest BCUT2D eigenvalue weighted by Gasteiger charge is -2.28. The van der Waals surface area contributed by atoms with Gasteiger partial charge in [-0.3, -0.25) is 0 Å². The molecule has 0 saturated heterocycles. The van der Waals surface area contributed by atoms with E-state index in [2.05, 4.69) is 17.6 Å². The second kappa shape index (κ2) is 12.7. The number of halogens is 3. The van der Waals surface area contributed by atoms with E-state index < -0.39 is 17.8 Å². The fourth-order valence-corrected chi connectivity index (χ4v) is 3.09. The molecule has 6 heteroatoms. The first-order valence-corrected chi connectivity index (χ1v) is 10.6. The van der Waals surface area contributed by atoms with Crippen molar-refractivity contribution in [2.45, 2.75) is 52.8 Å². The van der Waals surface area contributed by atoms with Gasteiger partial charge in [0.15, 0.2) is 0 Å². The third-order valence-corrected chi connectivity index (χ3v) is 4.49. The zero-order valence-corrected chi connectivity index (χ0v) is 19.0. The van der Waals surface area contributed by atoms with Crippen LogP contribution in [0.25, 0.3) is 5.70 Å². The molecule has 31 heavy (non-hydrogen) atoms. The molecule has 0 aliphatic carbocycles. The highest BCUT2D eigenvalue weighted by Crippen LogP contribution is 2.39. The molecule has 0 aromatic heterocycles. The Labute approximate surface area is 184 Å². The number of fused-ring (bicyclic) bond motifs is 1. The van der Waals surface area contributed by atoms with Gasteiger partial charge in [-0.05, 0) is 37.1 Å². The van der Waals surface area contributed by atoms with Crippen LogP contribution in [0.4, 0.5) is 18.9 Å². The predicted octanol–water partition coefficient (Wildman–Crippen LogP) is 7.11. The Morgan fingerprint density at radius 3 is 2.26 bits per heavy atom. The van der Waals surface area contributed by atoms with Crippen LogP contribution in [-0.4, -0.2) is 7.05 Å². The van der Waals surface area contributed by atoms with Gasteiger partial charge in [-0.1, -0.05) is 69.7 Å². The summed E-state index contributed by atoms with van der Waals surface area (Å²) >= 11 is 0. The van der Waals surface area contributed by atoms with Crippen molar-refractivity contribution in [2.75, 3.05) is 12.4 Å². The minimum Gasteiger partial charge on any atom is -0.403 e. The number of allylic oxidation sites excluding steroid dienone is 2. The first-order chi connectivity index (χ1) is 14.8. The van der Waals surface area contributed by atoms with Crippen LogP contribution in [-0.2, 0) is 6.18 Å². The first kappa shape index (κ1) is 26.1. The topological polar surface area (TPSA) is 50.1 Å². The summed E-state index contributed by atoms with van der Waals surface area (Å²) in [5.74, 6) is 0. The molecule has 1 unspecified atom stereocenters. The van der Waals surface area contributed by atoms with Crippen molar-refractivity contribution < 1.29 is 13.2 Å². The molecule has 1 heterocycles.